The molecular formula is C50H34N4. The Balaban J connectivity index is 1.37. The number of nitriles is 1. The van der Waals surface area contributed by atoms with Gasteiger partial charge in [-0.3, -0.25) is 0 Å². The summed E-state index contributed by atoms with van der Waals surface area (Å²) in [7, 11) is 0. The van der Waals surface area contributed by atoms with Crippen LogP contribution in [-0.2, 0) is 0 Å². The first-order valence-electron chi connectivity index (χ1n) is 18.3. The molecule has 0 fully saturated rings. The standard InChI is InChI=1S/C50H34N4/c1-32-21-23-40-38-17-9-11-19-45(38)53(47(40)25-32)49-29-37(36-27-43(34-13-5-3-6-14-34)52-44(28-36)35-15-7-4-8-16-35)30-50(42(49)31-51)54-46-20-12-10-18-39(46)41-24-22-33(2)26-48(41)54/h3-30H,1-2H3. The summed E-state index contributed by atoms with van der Waals surface area (Å²) in [5.41, 5.74) is 14.7. The van der Waals surface area contributed by atoms with E-state index in [1.807, 2.05) is 12.1 Å². The molecule has 7 aromatic carbocycles. The molecule has 0 saturated carbocycles. The Bertz CT molecular complexity index is 2920. The maximum atomic E-state index is 11.4. The van der Waals surface area contributed by atoms with Crippen LogP contribution in [0.3, 0.4) is 0 Å². The second kappa shape index (κ2) is 12.5. The molecule has 3 aromatic heterocycles. The normalized spacial score (nSPS) is 11.5. The topological polar surface area (TPSA) is 46.5 Å². The minimum absolute atomic E-state index is 0.604. The van der Waals surface area contributed by atoms with Crippen LogP contribution in [-0.4, -0.2) is 14.1 Å². The highest BCUT2D eigenvalue weighted by molar-refractivity contribution is 6.11. The summed E-state index contributed by atoms with van der Waals surface area (Å²) in [6.45, 7) is 4.25. The van der Waals surface area contributed by atoms with Crippen molar-refractivity contribution in [2.45, 2.75) is 13.8 Å². The fourth-order valence-corrected chi connectivity index (χ4v) is 8.14. The Labute approximate surface area is 313 Å². The number of nitrogens with zero attached hydrogens (tertiary/aromatic N) is 4. The van der Waals surface area contributed by atoms with Crippen LogP contribution in [0.5, 0.6) is 0 Å². The van der Waals surface area contributed by atoms with Crippen molar-refractivity contribution in [2.75, 3.05) is 0 Å². The first-order valence-corrected chi connectivity index (χ1v) is 18.3. The van der Waals surface area contributed by atoms with E-state index in [0.29, 0.717) is 5.56 Å². The number of rotatable bonds is 5. The summed E-state index contributed by atoms with van der Waals surface area (Å²) >= 11 is 0. The molecule has 0 bridgehead atoms. The van der Waals surface area contributed by atoms with Crippen LogP contribution in [0.25, 0.3) is 88.6 Å². The van der Waals surface area contributed by atoms with Gasteiger partial charge in [0.1, 0.15) is 11.6 Å². The molecule has 3 heterocycles. The molecule has 0 unspecified atom stereocenters. The quantitative estimate of drug-likeness (QED) is 0.180. The average molecular weight is 691 g/mol. The number of aromatic nitrogens is 3. The van der Waals surface area contributed by atoms with E-state index in [9.17, 15) is 5.26 Å². The third-order valence-electron chi connectivity index (χ3n) is 10.6. The van der Waals surface area contributed by atoms with Gasteiger partial charge in [0.15, 0.2) is 0 Å². The molecule has 0 saturated heterocycles. The summed E-state index contributed by atoms with van der Waals surface area (Å²) in [6, 6.07) is 62.5. The smallest absolute Gasteiger partial charge is 0.104 e. The van der Waals surface area contributed by atoms with Crippen LogP contribution in [0.1, 0.15) is 16.7 Å². The van der Waals surface area contributed by atoms with Crippen molar-refractivity contribution in [3.63, 3.8) is 0 Å². The fourth-order valence-electron chi connectivity index (χ4n) is 8.14. The molecular weight excluding hydrogens is 657 g/mol. The summed E-state index contributed by atoms with van der Waals surface area (Å²) in [5, 5.41) is 16.0. The second-order valence-electron chi connectivity index (χ2n) is 14.1. The van der Waals surface area contributed by atoms with Crippen molar-refractivity contribution in [3.8, 4) is 51.1 Å². The minimum Gasteiger partial charge on any atom is -0.308 e. The van der Waals surface area contributed by atoms with Gasteiger partial charge in [-0.15, -0.1) is 0 Å². The zero-order valence-corrected chi connectivity index (χ0v) is 30.0. The molecule has 0 radical (unpaired) electrons. The van der Waals surface area contributed by atoms with Gasteiger partial charge in [0.05, 0.1) is 44.8 Å². The van der Waals surface area contributed by atoms with Gasteiger partial charge in [-0.1, -0.05) is 121 Å². The van der Waals surface area contributed by atoms with E-state index in [1.165, 1.54) is 0 Å². The van der Waals surface area contributed by atoms with Crippen molar-refractivity contribution < 1.29 is 0 Å². The van der Waals surface area contributed by atoms with Crippen molar-refractivity contribution in [1.82, 2.24) is 14.1 Å². The van der Waals surface area contributed by atoms with E-state index in [2.05, 4.69) is 187 Å². The molecule has 0 aliphatic heterocycles. The van der Waals surface area contributed by atoms with Gasteiger partial charge in [0, 0.05) is 32.7 Å². The van der Waals surface area contributed by atoms with Gasteiger partial charge in [-0.05, 0) is 84.6 Å². The Hall–Kier alpha value is -7.22. The Morgan fingerprint density at radius 3 is 1.28 bits per heavy atom. The number of benzene rings is 7. The molecule has 54 heavy (non-hydrogen) atoms. The van der Waals surface area contributed by atoms with Gasteiger partial charge >= 0.3 is 0 Å². The predicted molar refractivity (Wildman–Crippen MR) is 223 cm³/mol. The van der Waals surface area contributed by atoms with Crippen LogP contribution in [0.15, 0.2) is 170 Å². The molecule has 0 N–H and O–H groups in total. The van der Waals surface area contributed by atoms with Crippen molar-refractivity contribution in [3.05, 3.63) is 187 Å². The molecule has 0 spiro atoms. The van der Waals surface area contributed by atoms with Crippen molar-refractivity contribution in [2.24, 2.45) is 0 Å². The summed E-state index contributed by atoms with van der Waals surface area (Å²) in [5.74, 6) is 0. The van der Waals surface area contributed by atoms with Crippen LogP contribution >= 0.6 is 0 Å². The zero-order chi connectivity index (χ0) is 36.3. The lowest BCUT2D eigenvalue weighted by molar-refractivity contribution is 1.12. The first-order chi connectivity index (χ1) is 26.6. The van der Waals surface area contributed by atoms with Gasteiger partial charge in [0.2, 0.25) is 0 Å². The number of pyridine rings is 1. The van der Waals surface area contributed by atoms with Gasteiger partial charge < -0.3 is 9.13 Å². The lowest BCUT2D eigenvalue weighted by Crippen LogP contribution is -2.05. The Morgan fingerprint density at radius 2 is 0.815 bits per heavy atom. The lowest BCUT2D eigenvalue weighted by Gasteiger charge is -2.19. The molecule has 4 heteroatoms. The summed E-state index contributed by atoms with van der Waals surface area (Å²) < 4.78 is 4.58. The highest BCUT2D eigenvalue weighted by Crippen LogP contribution is 2.41. The highest BCUT2D eigenvalue weighted by atomic mass is 15.0. The molecule has 10 rings (SSSR count). The third-order valence-corrected chi connectivity index (χ3v) is 10.6. The van der Waals surface area contributed by atoms with Crippen LogP contribution in [0, 0.1) is 25.2 Å². The lowest BCUT2D eigenvalue weighted by atomic mass is 9.97. The first kappa shape index (κ1) is 31.5. The second-order valence-corrected chi connectivity index (χ2v) is 14.1. The number of fused-ring (bicyclic) bond motifs is 6. The van der Waals surface area contributed by atoms with Gasteiger partial charge in [-0.25, -0.2) is 4.98 Å². The van der Waals surface area contributed by atoms with Crippen LogP contribution in [0.2, 0.25) is 0 Å². The van der Waals surface area contributed by atoms with Crippen molar-refractivity contribution in [1.29, 1.82) is 5.26 Å². The van der Waals surface area contributed by atoms with E-state index in [0.717, 1.165) is 99.8 Å². The number of para-hydroxylation sites is 2. The van der Waals surface area contributed by atoms with E-state index in [-0.39, 0.29) is 0 Å². The van der Waals surface area contributed by atoms with E-state index < -0.39 is 0 Å². The molecule has 0 aliphatic rings. The number of hydrogen-bond acceptors (Lipinski definition) is 2. The molecule has 254 valence electrons. The largest absolute Gasteiger partial charge is 0.308 e. The predicted octanol–water partition coefficient (Wildman–Crippen LogP) is 12.8. The third kappa shape index (κ3) is 5.02. The summed E-state index contributed by atoms with van der Waals surface area (Å²) in [4.78, 5) is 5.20. The monoisotopic (exact) mass is 690 g/mol. The maximum Gasteiger partial charge on any atom is 0.104 e. The molecule has 0 aliphatic carbocycles. The van der Waals surface area contributed by atoms with Crippen LogP contribution < -0.4 is 0 Å². The summed E-state index contributed by atoms with van der Waals surface area (Å²) in [6.07, 6.45) is 0. The highest BCUT2D eigenvalue weighted by Gasteiger charge is 2.23. The maximum absolute atomic E-state index is 11.4. The zero-order valence-electron chi connectivity index (χ0n) is 30.0. The van der Waals surface area contributed by atoms with Crippen LogP contribution in [0.4, 0.5) is 0 Å². The minimum atomic E-state index is 0.604. The number of hydrogen-bond donors (Lipinski definition) is 0. The van der Waals surface area contributed by atoms with Crippen molar-refractivity contribution >= 4 is 43.6 Å². The average Bonchev–Trinajstić information content (AvgIpc) is 3.72. The molecule has 0 atom stereocenters. The van der Waals surface area contributed by atoms with E-state index >= 15 is 0 Å². The van der Waals surface area contributed by atoms with E-state index in [4.69, 9.17) is 4.98 Å². The van der Waals surface area contributed by atoms with Gasteiger partial charge in [-0.2, -0.15) is 5.26 Å². The molecule has 4 nitrogen and oxygen atoms in total. The Kier molecular flexibility index (Phi) is 7.28. The SMILES string of the molecule is Cc1ccc2c3ccccc3n(-c3cc(-c4cc(-c5ccccc5)nc(-c5ccccc5)c4)cc(-n4c5ccccc5c5ccc(C)cc54)c3C#N)c2c1. The van der Waals surface area contributed by atoms with Gasteiger partial charge in [0.25, 0.3) is 0 Å². The molecule has 0 amide bonds. The molecule has 10 aromatic rings. The number of aryl methyl sites for hydroxylation is 2. The fraction of sp³-hybridized carbons (Fsp3) is 0.0400. The van der Waals surface area contributed by atoms with E-state index in [1.54, 1.807) is 0 Å². The Morgan fingerprint density at radius 1 is 0.407 bits per heavy atom.